The Hall–Kier alpha value is -0.870. The molecule has 0 bridgehead atoms. The second kappa shape index (κ2) is 6.90. The molecule has 2 rings (SSSR count). The van der Waals surface area contributed by atoms with Crippen LogP contribution in [0.3, 0.4) is 0 Å². The Morgan fingerprint density at radius 1 is 1.50 bits per heavy atom. The fourth-order valence-corrected chi connectivity index (χ4v) is 2.44. The number of aryl methyl sites for hydroxylation is 2. The summed E-state index contributed by atoms with van der Waals surface area (Å²) in [5.41, 5.74) is 2.50. The largest absolute Gasteiger partial charge is 0.381 e. The fourth-order valence-electron chi connectivity index (χ4n) is 2.44. The third kappa shape index (κ3) is 3.56. The normalized spacial score (nSPS) is 19.6. The number of nitrogens with one attached hydrogen (secondary N) is 1. The van der Waals surface area contributed by atoms with Gasteiger partial charge in [0.1, 0.15) is 0 Å². The van der Waals surface area contributed by atoms with Gasteiger partial charge in [0.25, 0.3) is 0 Å². The van der Waals surface area contributed by atoms with Crippen molar-refractivity contribution in [3.63, 3.8) is 0 Å². The van der Waals surface area contributed by atoms with Gasteiger partial charge in [0.05, 0.1) is 11.4 Å². The van der Waals surface area contributed by atoms with Crippen molar-refractivity contribution in [1.82, 2.24) is 15.1 Å². The standard InChI is InChI=1S/C14H25N3O/c1-3-13-9-14(17(4-2)16-13)10-15-7-5-12-6-8-18-11-12/h9,12,15H,3-8,10-11H2,1-2H3. The first-order valence-electron chi connectivity index (χ1n) is 7.17. The fraction of sp³-hybridized carbons (Fsp3) is 0.786. The zero-order chi connectivity index (χ0) is 12.8. The molecule has 4 heteroatoms. The topological polar surface area (TPSA) is 39.1 Å². The lowest BCUT2D eigenvalue weighted by atomic mass is 10.1. The van der Waals surface area contributed by atoms with Gasteiger partial charge in [0.15, 0.2) is 0 Å². The number of nitrogens with zero attached hydrogens (tertiary/aromatic N) is 2. The zero-order valence-electron chi connectivity index (χ0n) is 11.6. The van der Waals surface area contributed by atoms with E-state index in [9.17, 15) is 0 Å². The summed E-state index contributed by atoms with van der Waals surface area (Å²) in [6.45, 7) is 9.15. The molecule has 1 aliphatic rings. The second-order valence-corrected chi connectivity index (χ2v) is 4.99. The monoisotopic (exact) mass is 251 g/mol. The van der Waals surface area contributed by atoms with E-state index in [0.29, 0.717) is 0 Å². The van der Waals surface area contributed by atoms with Crippen LogP contribution >= 0.6 is 0 Å². The molecule has 0 saturated carbocycles. The van der Waals surface area contributed by atoms with Crippen LogP contribution in [0.5, 0.6) is 0 Å². The van der Waals surface area contributed by atoms with E-state index in [1.54, 1.807) is 0 Å². The van der Waals surface area contributed by atoms with Crippen LogP contribution in [-0.4, -0.2) is 29.5 Å². The van der Waals surface area contributed by atoms with Crippen LogP contribution in [0.4, 0.5) is 0 Å². The average molecular weight is 251 g/mol. The van der Waals surface area contributed by atoms with Gasteiger partial charge in [-0.25, -0.2) is 0 Å². The van der Waals surface area contributed by atoms with Crippen LogP contribution in [0.2, 0.25) is 0 Å². The predicted molar refractivity (Wildman–Crippen MR) is 72.5 cm³/mol. The Balaban J connectivity index is 1.73. The number of hydrogen-bond donors (Lipinski definition) is 1. The van der Waals surface area contributed by atoms with Gasteiger partial charge < -0.3 is 10.1 Å². The van der Waals surface area contributed by atoms with Gasteiger partial charge in [-0.1, -0.05) is 6.92 Å². The maximum absolute atomic E-state index is 5.38. The highest BCUT2D eigenvalue weighted by Crippen LogP contribution is 2.15. The molecule has 1 aromatic heterocycles. The lowest BCUT2D eigenvalue weighted by molar-refractivity contribution is 0.184. The molecule has 1 fully saturated rings. The maximum atomic E-state index is 5.38. The van der Waals surface area contributed by atoms with Crippen molar-refractivity contribution in [3.05, 3.63) is 17.5 Å². The molecule has 18 heavy (non-hydrogen) atoms. The minimum absolute atomic E-state index is 0.764. The predicted octanol–water partition coefficient (Wildman–Crippen LogP) is 1.98. The van der Waals surface area contributed by atoms with E-state index in [0.717, 1.165) is 45.2 Å². The summed E-state index contributed by atoms with van der Waals surface area (Å²) in [6.07, 6.45) is 3.47. The number of rotatable bonds is 7. The Labute approximate surface area is 110 Å². The molecule has 0 amide bonds. The summed E-state index contributed by atoms with van der Waals surface area (Å²) in [5, 5.41) is 8.08. The van der Waals surface area contributed by atoms with Crippen molar-refractivity contribution in [3.8, 4) is 0 Å². The third-order valence-electron chi connectivity index (χ3n) is 3.64. The molecule has 1 N–H and O–H groups in total. The quantitative estimate of drug-likeness (QED) is 0.753. The first-order valence-corrected chi connectivity index (χ1v) is 7.17. The highest BCUT2D eigenvalue weighted by Gasteiger charge is 2.14. The van der Waals surface area contributed by atoms with Crippen LogP contribution < -0.4 is 5.32 Å². The van der Waals surface area contributed by atoms with Gasteiger partial charge in [0.2, 0.25) is 0 Å². The Morgan fingerprint density at radius 3 is 3.06 bits per heavy atom. The minimum atomic E-state index is 0.764. The van der Waals surface area contributed by atoms with Gasteiger partial charge in [-0.3, -0.25) is 4.68 Å². The molecule has 1 atom stereocenters. The third-order valence-corrected chi connectivity index (χ3v) is 3.64. The van der Waals surface area contributed by atoms with Gasteiger partial charge in [0, 0.05) is 26.3 Å². The van der Waals surface area contributed by atoms with Crippen molar-refractivity contribution >= 4 is 0 Å². The van der Waals surface area contributed by atoms with E-state index in [1.165, 1.54) is 24.2 Å². The van der Waals surface area contributed by atoms with Crippen LogP contribution in [0.25, 0.3) is 0 Å². The molecule has 1 aliphatic heterocycles. The van der Waals surface area contributed by atoms with Crippen LogP contribution in [0.15, 0.2) is 6.07 Å². The first-order chi connectivity index (χ1) is 8.83. The van der Waals surface area contributed by atoms with Gasteiger partial charge in [-0.2, -0.15) is 5.10 Å². The Kier molecular flexibility index (Phi) is 5.20. The molecule has 1 aromatic rings. The summed E-state index contributed by atoms with van der Waals surface area (Å²) < 4.78 is 7.49. The number of hydrogen-bond acceptors (Lipinski definition) is 3. The molecule has 4 nitrogen and oxygen atoms in total. The van der Waals surface area contributed by atoms with E-state index in [1.807, 2.05) is 0 Å². The highest BCUT2D eigenvalue weighted by atomic mass is 16.5. The summed E-state index contributed by atoms with van der Waals surface area (Å²) >= 11 is 0. The average Bonchev–Trinajstić information content (AvgIpc) is 3.03. The molecular formula is C14H25N3O. The van der Waals surface area contributed by atoms with E-state index in [-0.39, 0.29) is 0 Å². The van der Waals surface area contributed by atoms with Gasteiger partial charge in [-0.15, -0.1) is 0 Å². The SMILES string of the molecule is CCc1cc(CNCCC2CCOC2)n(CC)n1. The van der Waals surface area contributed by atoms with E-state index in [2.05, 4.69) is 35.0 Å². The molecule has 1 unspecified atom stereocenters. The molecule has 0 aromatic carbocycles. The van der Waals surface area contributed by atoms with Crippen LogP contribution in [0, 0.1) is 5.92 Å². The van der Waals surface area contributed by atoms with Crippen molar-refractivity contribution in [2.24, 2.45) is 5.92 Å². The van der Waals surface area contributed by atoms with Crippen molar-refractivity contribution in [2.45, 2.75) is 46.2 Å². The Morgan fingerprint density at radius 2 is 2.39 bits per heavy atom. The van der Waals surface area contributed by atoms with E-state index < -0.39 is 0 Å². The minimum Gasteiger partial charge on any atom is -0.381 e. The first kappa shape index (κ1) is 13.6. The Bertz CT molecular complexity index is 356. The van der Waals surface area contributed by atoms with Gasteiger partial charge in [-0.05, 0) is 44.7 Å². The molecule has 0 radical (unpaired) electrons. The summed E-state index contributed by atoms with van der Waals surface area (Å²) in [4.78, 5) is 0. The molecule has 102 valence electrons. The van der Waals surface area contributed by atoms with Crippen molar-refractivity contribution in [1.29, 1.82) is 0 Å². The molecule has 0 spiro atoms. The summed E-state index contributed by atoms with van der Waals surface area (Å²) in [6, 6.07) is 2.22. The number of ether oxygens (including phenoxy) is 1. The van der Waals surface area contributed by atoms with E-state index >= 15 is 0 Å². The molecule has 2 heterocycles. The second-order valence-electron chi connectivity index (χ2n) is 4.99. The highest BCUT2D eigenvalue weighted by molar-refractivity contribution is 5.10. The smallest absolute Gasteiger partial charge is 0.0625 e. The molecule has 1 saturated heterocycles. The van der Waals surface area contributed by atoms with E-state index in [4.69, 9.17) is 4.74 Å². The van der Waals surface area contributed by atoms with Gasteiger partial charge >= 0.3 is 0 Å². The van der Waals surface area contributed by atoms with Crippen LogP contribution in [0.1, 0.15) is 38.1 Å². The zero-order valence-corrected chi connectivity index (χ0v) is 11.6. The summed E-state index contributed by atoms with van der Waals surface area (Å²) in [7, 11) is 0. The lowest BCUT2D eigenvalue weighted by Crippen LogP contribution is -2.20. The van der Waals surface area contributed by atoms with Crippen molar-refractivity contribution < 1.29 is 4.74 Å². The summed E-state index contributed by atoms with van der Waals surface area (Å²) in [5.74, 6) is 0.764. The lowest BCUT2D eigenvalue weighted by Gasteiger charge is -2.09. The maximum Gasteiger partial charge on any atom is 0.0625 e. The number of aromatic nitrogens is 2. The van der Waals surface area contributed by atoms with Crippen molar-refractivity contribution in [2.75, 3.05) is 19.8 Å². The van der Waals surface area contributed by atoms with Crippen LogP contribution in [-0.2, 0) is 24.2 Å². The molecule has 0 aliphatic carbocycles. The molecular weight excluding hydrogens is 226 g/mol.